The third-order valence-electron chi connectivity index (χ3n) is 15.9. The number of phosphoric ester groups is 1. The van der Waals surface area contributed by atoms with Crippen LogP contribution in [0.1, 0.15) is 119 Å². The minimum absolute atomic E-state index is 0.134. The van der Waals surface area contributed by atoms with Gasteiger partial charge in [-0.05, 0) is 87.9 Å². The van der Waals surface area contributed by atoms with Gasteiger partial charge in [-0.25, -0.2) is 37.1 Å². The van der Waals surface area contributed by atoms with Crippen molar-refractivity contribution in [3.8, 4) is 11.5 Å². The van der Waals surface area contributed by atoms with Crippen LogP contribution in [0.5, 0.6) is 11.5 Å². The summed E-state index contributed by atoms with van der Waals surface area (Å²) < 4.78 is 120. The topological polar surface area (TPSA) is 395 Å². The largest absolute Gasteiger partial charge is 0.748 e. The fourth-order valence-corrected chi connectivity index (χ4v) is 15.0. The fraction of sp³-hybridized carbons (Fsp3) is 0.474. The van der Waals surface area contributed by atoms with Crippen molar-refractivity contribution in [2.45, 2.75) is 116 Å². The number of nitrogens with zero attached hydrogens (tertiary/aromatic N) is 7. The quantitative estimate of drug-likeness (QED) is 0.0166. The number of ether oxygens (including phenoxy) is 2. The van der Waals surface area contributed by atoms with Crippen LogP contribution in [0, 0.1) is 0 Å². The van der Waals surface area contributed by atoms with Gasteiger partial charge >= 0.3 is 15.6 Å². The molecule has 9 rings (SSSR count). The zero-order valence-electron chi connectivity index (χ0n) is 50.0. The molecule has 2 amide bonds. The van der Waals surface area contributed by atoms with Crippen LogP contribution in [0.2, 0.25) is 0 Å². The van der Waals surface area contributed by atoms with Crippen LogP contribution in [-0.2, 0) is 47.7 Å². The van der Waals surface area contributed by atoms with Crippen LogP contribution in [0.4, 0.5) is 11.5 Å². The van der Waals surface area contributed by atoms with Crippen LogP contribution in [0.25, 0.3) is 27.9 Å². The predicted molar refractivity (Wildman–Crippen MR) is 326 cm³/mol. The van der Waals surface area contributed by atoms with Gasteiger partial charge in [0, 0.05) is 92.7 Å². The molecule has 3 aromatic carbocycles. The van der Waals surface area contributed by atoms with Gasteiger partial charge in [0.1, 0.15) is 48.4 Å². The Morgan fingerprint density at radius 2 is 1.56 bits per heavy atom. The molecular weight excluding hydrogens is 1240 g/mol. The molecular formula is C57H73N9O19P2S2. The smallest absolute Gasteiger partial charge is 0.481 e. The number of carbonyl (C=O) groups is 2. The monoisotopic (exact) mass is 1310 g/mol. The Bertz CT molecular complexity index is 4140. The Kier molecular flexibility index (Phi) is 19.7. The number of unbranched alkanes of at least 4 members (excludes halogenated alkanes) is 3. The molecule has 1 unspecified atom stereocenters. The Hall–Kier alpha value is -6.34. The third-order valence-corrected chi connectivity index (χ3v) is 19.4. The highest BCUT2D eigenvalue weighted by atomic mass is 32.2. The number of aliphatic hydroxyl groups excluding tert-OH is 2. The molecule has 5 atom stereocenters. The maximum absolute atomic E-state index is 14.8. The number of amides is 2. The lowest BCUT2D eigenvalue weighted by Crippen LogP contribution is -2.50. The summed E-state index contributed by atoms with van der Waals surface area (Å²) in [5.41, 5.74) is 3.17. The molecule has 482 valence electrons. The van der Waals surface area contributed by atoms with Crippen LogP contribution in [-0.4, -0.2) is 174 Å². The SMILES string of the molecule is CCN1c2cc3c(cc2C(CS(=O)(=O)[O-])=CC1(C)C)C(c1ccccc1C(=O)N(C)CCCC(=O)NCCCCCCNc1ncnc2c1ncn2[C@@H]1O[C@H](COP(=O)(O)OP(=O)(O)O)[C@@H](O)[C@H]1O)=c1cc2c(cc1O3)=[N+](CC)C(C)(C)C=C2CS(=O)(=O)O. The van der Waals surface area contributed by atoms with E-state index in [0.29, 0.717) is 129 Å². The number of imidazole rings is 1. The van der Waals surface area contributed by atoms with Crippen LogP contribution >= 0.6 is 15.6 Å². The minimum atomic E-state index is -5.40. The van der Waals surface area contributed by atoms with Gasteiger partial charge < -0.3 is 59.4 Å². The van der Waals surface area contributed by atoms with E-state index < -0.39 is 89.6 Å². The number of phosphoric acid groups is 2. The first-order chi connectivity index (χ1) is 41.7. The number of aliphatic hydroxyl groups is 2. The molecule has 1 fully saturated rings. The second kappa shape index (κ2) is 26.1. The van der Waals surface area contributed by atoms with Gasteiger partial charge in [-0.15, -0.1) is 0 Å². The van der Waals surface area contributed by atoms with Crippen molar-refractivity contribution in [2.24, 2.45) is 0 Å². The lowest BCUT2D eigenvalue weighted by Gasteiger charge is -2.44. The van der Waals surface area contributed by atoms with Crippen molar-refractivity contribution >= 4 is 87.1 Å². The number of hydrogen-bond donors (Lipinski definition) is 8. The van der Waals surface area contributed by atoms with Gasteiger partial charge in [0.2, 0.25) is 11.3 Å². The average molecular weight is 1310 g/mol. The van der Waals surface area contributed by atoms with E-state index in [1.807, 2.05) is 59.8 Å². The van der Waals surface area contributed by atoms with E-state index in [-0.39, 0.29) is 30.4 Å². The molecule has 8 N–H and O–H groups in total. The second-order valence-corrected chi connectivity index (χ2v) is 29.0. The van der Waals surface area contributed by atoms with Crippen molar-refractivity contribution in [2.75, 3.05) is 68.1 Å². The number of fused-ring (bicyclic) bond motifs is 5. The molecule has 1 saturated heterocycles. The van der Waals surface area contributed by atoms with Crippen molar-refractivity contribution in [3.63, 3.8) is 0 Å². The molecule has 2 aromatic heterocycles. The van der Waals surface area contributed by atoms with E-state index in [9.17, 15) is 59.8 Å². The Balaban J connectivity index is 0.847. The summed E-state index contributed by atoms with van der Waals surface area (Å²) >= 11 is 0. The lowest BCUT2D eigenvalue weighted by atomic mass is 9.83. The van der Waals surface area contributed by atoms with Gasteiger partial charge in [0.25, 0.3) is 16.0 Å². The summed E-state index contributed by atoms with van der Waals surface area (Å²) in [5.74, 6) is -0.857. The van der Waals surface area contributed by atoms with E-state index in [0.717, 1.165) is 12.8 Å². The lowest BCUT2D eigenvalue weighted by molar-refractivity contribution is -0.121. The fourth-order valence-electron chi connectivity index (χ4n) is 12.2. The first-order valence-electron chi connectivity index (χ1n) is 28.8. The number of hydrogen-bond acceptors (Lipinski definition) is 20. The molecule has 5 aromatic rings. The van der Waals surface area contributed by atoms with Gasteiger partial charge in [0.15, 0.2) is 28.7 Å². The second-order valence-electron chi connectivity index (χ2n) is 23.3. The van der Waals surface area contributed by atoms with E-state index in [1.54, 1.807) is 49.5 Å². The van der Waals surface area contributed by atoms with Crippen molar-refractivity contribution < 1.29 is 87.9 Å². The molecule has 89 heavy (non-hydrogen) atoms. The zero-order chi connectivity index (χ0) is 64.8. The number of benzene rings is 3. The summed E-state index contributed by atoms with van der Waals surface area (Å²) in [6.45, 7) is 13.0. The number of nitrogens with one attached hydrogen (secondary N) is 2. The summed E-state index contributed by atoms with van der Waals surface area (Å²) in [5, 5.41) is 28.6. The Morgan fingerprint density at radius 3 is 2.25 bits per heavy atom. The average Bonchev–Trinajstić information content (AvgIpc) is 1.39. The van der Waals surface area contributed by atoms with Crippen molar-refractivity contribution in [1.29, 1.82) is 0 Å². The Labute approximate surface area is 514 Å². The molecule has 32 heteroatoms. The number of anilines is 2. The third kappa shape index (κ3) is 15.2. The molecule has 4 aliphatic rings. The van der Waals surface area contributed by atoms with E-state index in [1.165, 1.54) is 22.1 Å². The summed E-state index contributed by atoms with van der Waals surface area (Å²) in [6.07, 6.45) is 3.62. The molecule has 0 bridgehead atoms. The molecule has 4 aliphatic heterocycles. The number of carbonyl (C=O) groups excluding carboxylic acids is 2. The van der Waals surface area contributed by atoms with E-state index in [4.69, 9.17) is 19.3 Å². The molecule has 0 aliphatic carbocycles. The highest BCUT2D eigenvalue weighted by Gasteiger charge is 2.46. The summed E-state index contributed by atoms with van der Waals surface area (Å²) in [4.78, 5) is 71.7. The van der Waals surface area contributed by atoms with Gasteiger partial charge in [-0.1, -0.05) is 37.1 Å². The van der Waals surface area contributed by atoms with Gasteiger partial charge in [0.05, 0.1) is 46.0 Å². The van der Waals surface area contributed by atoms with Gasteiger partial charge in [-0.2, -0.15) is 12.7 Å². The Morgan fingerprint density at radius 1 is 0.854 bits per heavy atom. The van der Waals surface area contributed by atoms with E-state index >= 15 is 0 Å². The summed E-state index contributed by atoms with van der Waals surface area (Å²) in [7, 11) is -18.3. The number of rotatable bonds is 26. The minimum Gasteiger partial charge on any atom is -0.748 e. The van der Waals surface area contributed by atoms with Crippen molar-refractivity contribution in [1.82, 2.24) is 34.3 Å². The van der Waals surface area contributed by atoms with Crippen molar-refractivity contribution in [3.05, 3.63) is 112 Å². The zero-order valence-corrected chi connectivity index (χ0v) is 53.4. The predicted octanol–water partition coefficient (Wildman–Crippen LogP) is 3.79. The molecule has 0 saturated carbocycles. The highest BCUT2D eigenvalue weighted by molar-refractivity contribution is 7.86. The maximum Gasteiger partial charge on any atom is 0.481 e. The summed E-state index contributed by atoms with van der Waals surface area (Å²) in [6, 6.07) is 14.2. The first kappa shape index (κ1) is 67.1. The number of aromatic nitrogens is 4. The van der Waals surface area contributed by atoms with Crippen LogP contribution in [0.15, 0.2) is 73.3 Å². The molecule has 0 radical (unpaired) electrons. The van der Waals surface area contributed by atoms with Crippen LogP contribution < -0.4 is 35.4 Å². The van der Waals surface area contributed by atoms with Crippen LogP contribution in [0.3, 0.4) is 0 Å². The number of likely N-dealkylation sites (N-methyl/N-ethyl adjacent to an activating group) is 2. The highest BCUT2D eigenvalue weighted by Crippen LogP contribution is 2.58. The molecule has 0 spiro atoms. The molecule has 28 nitrogen and oxygen atoms in total. The maximum atomic E-state index is 14.8. The normalized spacial score (nSPS) is 20.1. The molecule has 6 heterocycles. The van der Waals surface area contributed by atoms with Gasteiger partial charge in [-0.3, -0.25) is 23.2 Å². The first-order valence-corrected chi connectivity index (χ1v) is 35.0. The standard InChI is InChI=1S/C57H73N9O19P2S2/c1-8-65-42-25-44-40(23-38(42)34(27-56(65,3)4)30-88(76,77)78)48(41-24-39-35(31-89(79,80)81)28-57(5,6)66(9-2)43(39)26-45(41)83-44)36-17-12-13-18-37(36)54(70)63(7)22-16-19-47(67)58-20-14-10-11-15-21-59-52-49-53(61-32-60-52)64(33-62-49)55-51(69)50(68)46(84-55)29-82-87(74,75)85-86(71,72)73/h12-13,17-18,23-28,32-33,46,50-51,55,68-69H,8-11,14-16,19-22,29-31H2,1-7H3,(H6-,58,59,60,61,67,71,72,73,74,75,76,77,78,79,80,81)/t46-,50-,51-,55-/m1/s1. The van der Waals surface area contributed by atoms with E-state index in [2.05, 4.69) is 43.9 Å².